The van der Waals surface area contributed by atoms with Crippen molar-refractivity contribution in [2.24, 2.45) is 5.92 Å². The van der Waals surface area contributed by atoms with E-state index < -0.39 is 0 Å². The van der Waals surface area contributed by atoms with Gasteiger partial charge >= 0.3 is 0 Å². The van der Waals surface area contributed by atoms with E-state index in [4.69, 9.17) is 0 Å². The molecular weight excluding hydrogens is 268 g/mol. The summed E-state index contributed by atoms with van der Waals surface area (Å²) in [6, 6.07) is 2.08. The van der Waals surface area contributed by atoms with Gasteiger partial charge in [-0.15, -0.1) is 11.3 Å². The first-order valence-electron chi connectivity index (χ1n) is 6.88. The maximum absolute atomic E-state index is 4.34. The molecular formula is C15H22N4S. The highest BCUT2D eigenvalue weighted by atomic mass is 32.1. The van der Waals surface area contributed by atoms with E-state index >= 15 is 0 Å². The van der Waals surface area contributed by atoms with Gasteiger partial charge in [0, 0.05) is 25.2 Å². The Kier molecular flexibility index (Phi) is 5.49. The van der Waals surface area contributed by atoms with Gasteiger partial charge in [-0.2, -0.15) is 0 Å². The van der Waals surface area contributed by atoms with E-state index in [2.05, 4.69) is 52.5 Å². The molecule has 4 nitrogen and oxygen atoms in total. The van der Waals surface area contributed by atoms with Gasteiger partial charge in [-0.3, -0.25) is 4.98 Å². The number of hydrogen-bond acceptors (Lipinski definition) is 5. The molecule has 5 heteroatoms. The molecule has 0 aliphatic rings. The van der Waals surface area contributed by atoms with E-state index in [0.29, 0.717) is 5.92 Å². The second-order valence-electron chi connectivity index (χ2n) is 5.36. The van der Waals surface area contributed by atoms with Crippen LogP contribution in [0.4, 0.5) is 5.69 Å². The average Bonchev–Trinajstić information content (AvgIpc) is 2.91. The molecule has 0 bridgehead atoms. The maximum Gasteiger partial charge on any atom is 0.0795 e. The minimum atomic E-state index is 0.660. The first kappa shape index (κ1) is 14.9. The summed E-state index contributed by atoms with van der Waals surface area (Å²) < 4.78 is 0. The van der Waals surface area contributed by atoms with Crippen LogP contribution in [0, 0.1) is 5.92 Å². The van der Waals surface area contributed by atoms with Crippen molar-refractivity contribution in [2.75, 3.05) is 18.5 Å². The van der Waals surface area contributed by atoms with Gasteiger partial charge < -0.3 is 10.2 Å². The van der Waals surface area contributed by atoms with Crippen LogP contribution in [0.2, 0.25) is 0 Å². The van der Waals surface area contributed by atoms with Crippen molar-refractivity contribution in [1.82, 2.24) is 15.3 Å². The molecule has 0 spiro atoms. The molecule has 108 valence electrons. The van der Waals surface area contributed by atoms with Crippen LogP contribution in [0.1, 0.15) is 25.1 Å². The standard InChI is InChI=1S/C15H22N4S/c1-12(2)6-17-7-13-4-5-16-8-15(13)19(3)9-14-10-20-11-18-14/h4-5,8,10-12,17H,6-7,9H2,1-3H3. The van der Waals surface area contributed by atoms with Crippen LogP contribution in [0.3, 0.4) is 0 Å². The lowest BCUT2D eigenvalue weighted by molar-refractivity contribution is 0.552. The lowest BCUT2D eigenvalue weighted by Gasteiger charge is -2.21. The molecule has 2 heterocycles. The number of nitrogens with zero attached hydrogens (tertiary/aromatic N) is 3. The number of pyridine rings is 1. The Hall–Kier alpha value is -1.46. The molecule has 0 atom stereocenters. The maximum atomic E-state index is 4.34. The van der Waals surface area contributed by atoms with E-state index in [9.17, 15) is 0 Å². The minimum Gasteiger partial charge on any atom is -0.367 e. The Morgan fingerprint density at radius 2 is 2.25 bits per heavy atom. The van der Waals surface area contributed by atoms with Crippen LogP contribution in [-0.4, -0.2) is 23.6 Å². The van der Waals surface area contributed by atoms with Gasteiger partial charge in [-0.25, -0.2) is 4.98 Å². The van der Waals surface area contributed by atoms with Gasteiger partial charge in [0.25, 0.3) is 0 Å². The third-order valence-corrected chi connectivity index (χ3v) is 3.68. The number of anilines is 1. The Bertz CT molecular complexity index is 510. The second kappa shape index (κ2) is 7.36. The summed E-state index contributed by atoms with van der Waals surface area (Å²) in [5.74, 6) is 0.660. The first-order valence-corrected chi connectivity index (χ1v) is 7.83. The largest absolute Gasteiger partial charge is 0.367 e. The lowest BCUT2D eigenvalue weighted by atomic mass is 10.2. The van der Waals surface area contributed by atoms with Crippen LogP contribution in [0.25, 0.3) is 0 Å². The van der Waals surface area contributed by atoms with Crippen molar-refractivity contribution in [3.63, 3.8) is 0 Å². The molecule has 0 unspecified atom stereocenters. The lowest BCUT2D eigenvalue weighted by Crippen LogP contribution is -2.23. The summed E-state index contributed by atoms with van der Waals surface area (Å²) in [6.07, 6.45) is 3.78. The van der Waals surface area contributed by atoms with E-state index in [-0.39, 0.29) is 0 Å². The van der Waals surface area contributed by atoms with Crippen LogP contribution in [-0.2, 0) is 13.1 Å². The average molecular weight is 290 g/mol. The highest BCUT2D eigenvalue weighted by Gasteiger charge is 2.09. The zero-order chi connectivity index (χ0) is 14.4. The van der Waals surface area contributed by atoms with Crippen molar-refractivity contribution >= 4 is 17.0 Å². The fourth-order valence-electron chi connectivity index (χ4n) is 2.05. The Labute approximate surface area is 124 Å². The third kappa shape index (κ3) is 4.28. The molecule has 0 fully saturated rings. The van der Waals surface area contributed by atoms with Crippen molar-refractivity contribution in [2.45, 2.75) is 26.9 Å². The third-order valence-electron chi connectivity index (χ3n) is 3.05. The van der Waals surface area contributed by atoms with Crippen molar-refractivity contribution in [3.8, 4) is 0 Å². The molecule has 20 heavy (non-hydrogen) atoms. The number of nitrogens with one attached hydrogen (secondary N) is 1. The molecule has 0 aromatic carbocycles. The zero-order valence-electron chi connectivity index (χ0n) is 12.3. The fourth-order valence-corrected chi connectivity index (χ4v) is 2.60. The summed E-state index contributed by atoms with van der Waals surface area (Å²) in [4.78, 5) is 10.8. The molecule has 1 N–H and O–H groups in total. The van der Waals surface area contributed by atoms with Crippen LogP contribution < -0.4 is 10.2 Å². The van der Waals surface area contributed by atoms with E-state index in [1.807, 2.05) is 17.9 Å². The molecule has 2 rings (SSSR count). The van der Waals surface area contributed by atoms with Gasteiger partial charge in [-0.1, -0.05) is 13.8 Å². The second-order valence-corrected chi connectivity index (χ2v) is 6.08. The summed E-state index contributed by atoms with van der Waals surface area (Å²) in [5.41, 5.74) is 5.41. The Morgan fingerprint density at radius 1 is 1.40 bits per heavy atom. The summed E-state index contributed by atoms with van der Waals surface area (Å²) in [5, 5.41) is 5.57. The molecule has 0 aliphatic heterocycles. The molecule has 0 saturated carbocycles. The number of hydrogen-bond donors (Lipinski definition) is 1. The van der Waals surface area contributed by atoms with Crippen molar-refractivity contribution in [3.05, 3.63) is 40.6 Å². The predicted octanol–water partition coefficient (Wildman–Crippen LogP) is 2.92. The van der Waals surface area contributed by atoms with Crippen LogP contribution in [0.5, 0.6) is 0 Å². The normalized spacial score (nSPS) is 11.0. The van der Waals surface area contributed by atoms with Crippen LogP contribution in [0.15, 0.2) is 29.4 Å². The quantitative estimate of drug-likeness (QED) is 0.851. The highest BCUT2D eigenvalue weighted by molar-refractivity contribution is 7.07. The Morgan fingerprint density at radius 3 is 2.95 bits per heavy atom. The van der Waals surface area contributed by atoms with Gasteiger partial charge in [0.15, 0.2) is 0 Å². The smallest absolute Gasteiger partial charge is 0.0795 e. The highest BCUT2D eigenvalue weighted by Crippen LogP contribution is 2.19. The molecule has 2 aromatic heterocycles. The molecule has 0 saturated heterocycles. The summed E-state index contributed by atoms with van der Waals surface area (Å²) in [6.45, 7) is 7.14. The van der Waals surface area contributed by atoms with E-state index in [1.54, 1.807) is 11.3 Å². The molecule has 0 amide bonds. The molecule has 0 radical (unpaired) electrons. The first-order chi connectivity index (χ1) is 9.66. The number of thiazole rings is 1. The van der Waals surface area contributed by atoms with E-state index in [0.717, 1.165) is 31.0 Å². The van der Waals surface area contributed by atoms with Gasteiger partial charge in [0.2, 0.25) is 0 Å². The SMILES string of the molecule is CC(C)CNCc1ccncc1N(C)Cc1cscn1. The van der Waals surface area contributed by atoms with Gasteiger partial charge in [0.1, 0.15) is 0 Å². The molecule has 2 aromatic rings. The number of aromatic nitrogens is 2. The minimum absolute atomic E-state index is 0.660. The molecule has 0 aliphatic carbocycles. The van der Waals surface area contributed by atoms with Gasteiger partial charge in [0.05, 0.1) is 29.6 Å². The van der Waals surface area contributed by atoms with Crippen LogP contribution >= 0.6 is 11.3 Å². The topological polar surface area (TPSA) is 41.1 Å². The van der Waals surface area contributed by atoms with Gasteiger partial charge in [-0.05, 0) is 24.1 Å². The van der Waals surface area contributed by atoms with E-state index in [1.165, 1.54) is 5.56 Å². The van der Waals surface area contributed by atoms with Crippen molar-refractivity contribution < 1.29 is 0 Å². The summed E-state index contributed by atoms with van der Waals surface area (Å²) in [7, 11) is 2.09. The fraction of sp³-hybridized carbons (Fsp3) is 0.467. The predicted molar refractivity (Wildman–Crippen MR) is 85.0 cm³/mol. The summed E-state index contributed by atoms with van der Waals surface area (Å²) >= 11 is 1.63. The van der Waals surface area contributed by atoms with Crippen molar-refractivity contribution in [1.29, 1.82) is 0 Å². The number of rotatable bonds is 7. The Balaban J connectivity index is 2.02. The monoisotopic (exact) mass is 290 g/mol. The zero-order valence-corrected chi connectivity index (χ0v) is 13.2.